The van der Waals surface area contributed by atoms with Gasteiger partial charge in [-0.2, -0.15) is 0 Å². The SMILES string of the molecule is CC(CC(=O)O)n1cccc1C=O. The molecule has 1 aromatic rings. The zero-order valence-corrected chi connectivity index (χ0v) is 7.30. The van der Waals surface area contributed by atoms with Crippen molar-refractivity contribution >= 4 is 12.3 Å². The summed E-state index contributed by atoms with van der Waals surface area (Å²) in [6, 6.07) is 3.20. The third-order valence-corrected chi connectivity index (χ3v) is 1.88. The van der Waals surface area contributed by atoms with Gasteiger partial charge in [0, 0.05) is 12.2 Å². The van der Waals surface area contributed by atoms with Gasteiger partial charge in [-0.05, 0) is 19.1 Å². The minimum Gasteiger partial charge on any atom is -0.481 e. The molecule has 1 rings (SSSR count). The van der Waals surface area contributed by atoms with E-state index in [0.29, 0.717) is 5.69 Å². The summed E-state index contributed by atoms with van der Waals surface area (Å²) in [5.41, 5.74) is 0.508. The van der Waals surface area contributed by atoms with E-state index in [0.717, 1.165) is 6.29 Å². The number of carbonyl (C=O) groups is 2. The number of hydrogen-bond donors (Lipinski definition) is 1. The van der Waals surface area contributed by atoms with Gasteiger partial charge in [-0.1, -0.05) is 0 Å². The van der Waals surface area contributed by atoms with Gasteiger partial charge in [-0.3, -0.25) is 9.59 Å². The first-order valence-electron chi connectivity index (χ1n) is 3.99. The fourth-order valence-corrected chi connectivity index (χ4v) is 1.26. The summed E-state index contributed by atoms with van der Waals surface area (Å²) >= 11 is 0. The Morgan fingerprint density at radius 2 is 2.46 bits per heavy atom. The molecule has 0 fully saturated rings. The smallest absolute Gasteiger partial charge is 0.305 e. The Kier molecular flexibility index (Phi) is 2.84. The maximum absolute atomic E-state index is 10.5. The summed E-state index contributed by atoms with van der Waals surface area (Å²) in [5, 5.41) is 8.54. The van der Waals surface area contributed by atoms with Gasteiger partial charge in [-0.15, -0.1) is 0 Å². The lowest BCUT2D eigenvalue weighted by Crippen LogP contribution is -2.11. The van der Waals surface area contributed by atoms with E-state index in [-0.39, 0.29) is 12.5 Å². The summed E-state index contributed by atoms with van der Waals surface area (Å²) in [7, 11) is 0. The highest BCUT2D eigenvalue weighted by Crippen LogP contribution is 2.13. The zero-order chi connectivity index (χ0) is 9.84. The van der Waals surface area contributed by atoms with E-state index in [2.05, 4.69) is 0 Å². The normalized spacial score (nSPS) is 12.4. The molecule has 0 aliphatic carbocycles. The van der Waals surface area contributed by atoms with E-state index in [1.54, 1.807) is 29.8 Å². The van der Waals surface area contributed by atoms with Gasteiger partial charge in [0.25, 0.3) is 0 Å². The van der Waals surface area contributed by atoms with Crippen molar-refractivity contribution in [2.75, 3.05) is 0 Å². The topological polar surface area (TPSA) is 59.3 Å². The molecule has 1 atom stereocenters. The molecular weight excluding hydrogens is 170 g/mol. The van der Waals surface area contributed by atoms with Crippen molar-refractivity contribution in [3.05, 3.63) is 24.0 Å². The fraction of sp³-hybridized carbons (Fsp3) is 0.333. The van der Waals surface area contributed by atoms with E-state index < -0.39 is 5.97 Å². The molecule has 0 saturated carbocycles. The van der Waals surface area contributed by atoms with Gasteiger partial charge in [0.2, 0.25) is 0 Å². The van der Waals surface area contributed by atoms with Crippen LogP contribution in [0.3, 0.4) is 0 Å². The Bertz CT molecular complexity index is 316. The molecule has 70 valence electrons. The Labute approximate surface area is 75.8 Å². The van der Waals surface area contributed by atoms with Gasteiger partial charge in [-0.25, -0.2) is 0 Å². The number of nitrogens with zero attached hydrogens (tertiary/aromatic N) is 1. The third kappa shape index (κ3) is 2.18. The van der Waals surface area contributed by atoms with Crippen LogP contribution >= 0.6 is 0 Å². The molecule has 0 spiro atoms. The Balaban J connectivity index is 2.81. The van der Waals surface area contributed by atoms with Crippen LogP contribution in [0.4, 0.5) is 0 Å². The van der Waals surface area contributed by atoms with Crippen LogP contribution in [0.2, 0.25) is 0 Å². The molecule has 0 saturated heterocycles. The molecule has 1 aromatic heterocycles. The van der Waals surface area contributed by atoms with Crippen LogP contribution < -0.4 is 0 Å². The summed E-state index contributed by atoms with van der Waals surface area (Å²) in [4.78, 5) is 20.9. The number of carbonyl (C=O) groups excluding carboxylic acids is 1. The largest absolute Gasteiger partial charge is 0.481 e. The lowest BCUT2D eigenvalue weighted by atomic mass is 10.2. The Morgan fingerprint density at radius 1 is 1.77 bits per heavy atom. The lowest BCUT2D eigenvalue weighted by Gasteiger charge is -2.12. The van der Waals surface area contributed by atoms with Crippen molar-refractivity contribution in [2.24, 2.45) is 0 Å². The van der Waals surface area contributed by atoms with E-state index >= 15 is 0 Å². The molecule has 1 heterocycles. The zero-order valence-electron chi connectivity index (χ0n) is 7.30. The van der Waals surface area contributed by atoms with Crippen LogP contribution in [-0.4, -0.2) is 21.9 Å². The number of aromatic nitrogens is 1. The molecule has 1 unspecified atom stereocenters. The van der Waals surface area contributed by atoms with Gasteiger partial charge in [0.1, 0.15) is 0 Å². The molecule has 0 aromatic carbocycles. The van der Waals surface area contributed by atoms with Crippen LogP contribution in [0.15, 0.2) is 18.3 Å². The van der Waals surface area contributed by atoms with Gasteiger partial charge in [0.05, 0.1) is 12.1 Å². The van der Waals surface area contributed by atoms with Crippen LogP contribution in [0.1, 0.15) is 29.9 Å². The molecule has 0 bridgehead atoms. The Morgan fingerprint density at radius 3 is 3.00 bits per heavy atom. The van der Waals surface area contributed by atoms with Crippen molar-refractivity contribution in [3.8, 4) is 0 Å². The molecule has 4 heteroatoms. The summed E-state index contributed by atoms with van der Waals surface area (Å²) < 4.78 is 1.65. The highest BCUT2D eigenvalue weighted by Gasteiger charge is 2.11. The van der Waals surface area contributed by atoms with E-state index in [1.807, 2.05) is 0 Å². The average molecular weight is 181 g/mol. The van der Waals surface area contributed by atoms with Crippen molar-refractivity contribution in [2.45, 2.75) is 19.4 Å². The third-order valence-electron chi connectivity index (χ3n) is 1.88. The Hall–Kier alpha value is -1.58. The van der Waals surface area contributed by atoms with E-state index in [9.17, 15) is 9.59 Å². The molecule has 0 aliphatic rings. The molecular formula is C9H11NO3. The van der Waals surface area contributed by atoms with Crippen molar-refractivity contribution in [1.29, 1.82) is 0 Å². The highest BCUT2D eigenvalue weighted by molar-refractivity contribution is 5.73. The van der Waals surface area contributed by atoms with Gasteiger partial charge >= 0.3 is 5.97 Å². The predicted molar refractivity (Wildman–Crippen MR) is 46.8 cm³/mol. The van der Waals surface area contributed by atoms with Crippen LogP contribution in [0.25, 0.3) is 0 Å². The average Bonchev–Trinajstić information content (AvgIpc) is 2.49. The molecule has 0 radical (unpaired) electrons. The lowest BCUT2D eigenvalue weighted by molar-refractivity contribution is -0.137. The molecule has 4 nitrogen and oxygen atoms in total. The molecule has 0 amide bonds. The summed E-state index contributed by atoms with van der Waals surface area (Å²) in [6.07, 6.45) is 2.45. The highest BCUT2D eigenvalue weighted by atomic mass is 16.4. The van der Waals surface area contributed by atoms with Crippen LogP contribution in [0, 0.1) is 0 Å². The number of aldehydes is 1. The van der Waals surface area contributed by atoms with Crippen LogP contribution in [-0.2, 0) is 4.79 Å². The molecule has 13 heavy (non-hydrogen) atoms. The number of hydrogen-bond acceptors (Lipinski definition) is 2. The maximum atomic E-state index is 10.5. The first-order chi connectivity index (χ1) is 6.15. The summed E-state index contributed by atoms with van der Waals surface area (Å²) in [5.74, 6) is -0.863. The second kappa shape index (κ2) is 3.89. The predicted octanol–water partition coefficient (Wildman–Crippen LogP) is 1.34. The number of carboxylic acids is 1. The number of aliphatic carboxylic acids is 1. The monoisotopic (exact) mass is 181 g/mol. The van der Waals surface area contributed by atoms with Crippen molar-refractivity contribution in [3.63, 3.8) is 0 Å². The maximum Gasteiger partial charge on any atom is 0.305 e. The summed E-state index contributed by atoms with van der Waals surface area (Å²) in [6.45, 7) is 1.76. The minimum absolute atomic E-state index is 0.0233. The van der Waals surface area contributed by atoms with Crippen molar-refractivity contribution in [1.82, 2.24) is 4.57 Å². The van der Waals surface area contributed by atoms with Crippen molar-refractivity contribution < 1.29 is 14.7 Å². The van der Waals surface area contributed by atoms with E-state index in [1.165, 1.54) is 0 Å². The second-order valence-electron chi connectivity index (χ2n) is 2.91. The molecule has 0 aliphatic heterocycles. The second-order valence-corrected chi connectivity index (χ2v) is 2.91. The minimum atomic E-state index is -0.863. The number of rotatable bonds is 4. The van der Waals surface area contributed by atoms with Gasteiger partial charge < -0.3 is 9.67 Å². The number of carboxylic acid groups (broad SMARTS) is 1. The van der Waals surface area contributed by atoms with Gasteiger partial charge in [0.15, 0.2) is 6.29 Å². The van der Waals surface area contributed by atoms with Crippen LogP contribution in [0.5, 0.6) is 0 Å². The quantitative estimate of drug-likeness (QED) is 0.713. The first kappa shape index (κ1) is 9.51. The fourth-order valence-electron chi connectivity index (χ4n) is 1.26. The van der Waals surface area contributed by atoms with E-state index in [4.69, 9.17) is 5.11 Å². The first-order valence-corrected chi connectivity index (χ1v) is 3.99. The molecule has 1 N–H and O–H groups in total. The standard InChI is InChI=1S/C9H11NO3/c1-7(5-9(12)13)10-4-2-3-8(10)6-11/h2-4,6-7H,5H2,1H3,(H,12,13).